The summed E-state index contributed by atoms with van der Waals surface area (Å²) in [4.78, 5) is 19.6. The molecule has 0 radical (unpaired) electrons. The van der Waals surface area contributed by atoms with Gasteiger partial charge < -0.3 is 9.32 Å². The third-order valence-electron chi connectivity index (χ3n) is 5.34. The van der Waals surface area contributed by atoms with Crippen LogP contribution >= 0.6 is 0 Å². The maximum atomic E-state index is 13.2. The lowest BCUT2D eigenvalue weighted by molar-refractivity contribution is 0.0711. The Balaban J connectivity index is 1.56. The van der Waals surface area contributed by atoms with E-state index in [1.807, 2.05) is 30.0 Å². The Morgan fingerprint density at radius 2 is 2.00 bits per heavy atom. The van der Waals surface area contributed by atoms with Gasteiger partial charge in [-0.2, -0.15) is 0 Å². The summed E-state index contributed by atoms with van der Waals surface area (Å²) >= 11 is 0. The van der Waals surface area contributed by atoms with Crippen molar-refractivity contribution >= 4 is 17.0 Å². The van der Waals surface area contributed by atoms with Crippen molar-refractivity contribution in [3.05, 3.63) is 65.0 Å². The van der Waals surface area contributed by atoms with Crippen LogP contribution in [0.5, 0.6) is 0 Å². The smallest absolute Gasteiger partial charge is 0.256 e. The number of nitrogens with zero attached hydrogens (tertiary/aromatic N) is 2. The van der Waals surface area contributed by atoms with E-state index in [4.69, 9.17) is 4.42 Å². The molecule has 0 saturated heterocycles. The lowest BCUT2D eigenvalue weighted by Gasteiger charge is -2.35. The van der Waals surface area contributed by atoms with Crippen LogP contribution in [0.25, 0.3) is 11.1 Å². The van der Waals surface area contributed by atoms with E-state index in [0.29, 0.717) is 29.1 Å². The van der Waals surface area contributed by atoms with Crippen LogP contribution in [0, 0.1) is 6.92 Å². The van der Waals surface area contributed by atoms with Crippen molar-refractivity contribution in [3.63, 3.8) is 0 Å². The lowest BCUT2D eigenvalue weighted by Crippen LogP contribution is -2.41. The number of benzene rings is 2. The van der Waals surface area contributed by atoms with Gasteiger partial charge in [0, 0.05) is 25.4 Å². The van der Waals surface area contributed by atoms with Gasteiger partial charge in [0.2, 0.25) is 0 Å². The molecular weight excluding hydrogens is 300 g/mol. The molecule has 1 aliphatic carbocycles. The minimum Gasteiger partial charge on any atom is -0.441 e. The molecule has 1 saturated carbocycles. The first-order chi connectivity index (χ1) is 11.7. The third-order valence-corrected chi connectivity index (χ3v) is 5.34. The Kier molecular flexibility index (Phi) is 2.70. The number of fused-ring (bicyclic) bond motifs is 3. The van der Waals surface area contributed by atoms with Crippen LogP contribution in [0.1, 0.15) is 40.2 Å². The molecule has 4 heteroatoms. The van der Waals surface area contributed by atoms with Gasteiger partial charge in [-0.3, -0.25) is 4.79 Å². The van der Waals surface area contributed by atoms with E-state index >= 15 is 0 Å². The molecule has 24 heavy (non-hydrogen) atoms. The number of oxazole rings is 1. The van der Waals surface area contributed by atoms with Gasteiger partial charge in [0.1, 0.15) is 5.52 Å². The molecule has 1 aromatic heterocycles. The van der Waals surface area contributed by atoms with E-state index in [2.05, 4.69) is 29.2 Å². The molecule has 1 aliphatic heterocycles. The van der Waals surface area contributed by atoms with Crippen LogP contribution in [0.15, 0.2) is 46.9 Å². The number of carbonyl (C=O) groups excluding carboxylic acids is 1. The maximum Gasteiger partial charge on any atom is 0.256 e. The first-order valence-corrected chi connectivity index (χ1v) is 8.40. The SMILES string of the molecule is Cc1nc2c(C(=O)N3Cc4ccccc4C4(CC4)C3)cccc2o1. The van der Waals surface area contributed by atoms with E-state index < -0.39 is 0 Å². The van der Waals surface area contributed by atoms with Gasteiger partial charge in [-0.1, -0.05) is 30.3 Å². The molecule has 4 nitrogen and oxygen atoms in total. The second kappa shape index (κ2) is 4.69. The minimum atomic E-state index is 0.0506. The summed E-state index contributed by atoms with van der Waals surface area (Å²) in [6.07, 6.45) is 2.34. The zero-order valence-electron chi connectivity index (χ0n) is 13.6. The fourth-order valence-corrected chi connectivity index (χ4v) is 4.01. The third kappa shape index (κ3) is 1.92. The van der Waals surface area contributed by atoms with Gasteiger partial charge in [0.25, 0.3) is 5.91 Å². The predicted molar refractivity (Wildman–Crippen MR) is 90.8 cm³/mol. The van der Waals surface area contributed by atoms with Crippen LogP contribution in [0.3, 0.4) is 0 Å². The largest absolute Gasteiger partial charge is 0.441 e. The molecule has 120 valence electrons. The summed E-state index contributed by atoms with van der Waals surface area (Å²) < 4.78 is 5.57. The predicted octanol–water partition coefficient (Wildman–Crippen LogP) is 3.82. The molecule has 1 amide bonds. The average Bonchev–Trinajstić information content (AvgIpc) is 3.24. The molecule has 1 spiro atoms. The second-order valence-corrected chi connectivity index (χ2v) is 6.98. The summed E-state index contributed by atoms with van der Waals surface area (Å²) in [7, 11) is 0. The first kappa shape index (κ1) is 13.8. The number of rotatable bonds is 1. The zero-order chi connectivity index (χ0) is 16.3. The van der Waals surface area contributed by atoms with Crippen LogP contribution in [0.4, 0.5) is 0 Å². The summed E-state index contributed by atoms with van der Waals surface area (Å²) in [5, 5.41) is 0. The topological polar surface area (TPSA) is 46.3 Å². The Bertz CT molecular complexity index is 969. The van der Waals surface area contributed by atoms with Crippen LogP contribution < -0.4 is 0 Å². The zero-order valence-corrected chi connectivity index (χ0v) is 13.6. The molecule has 1 fully saturated rings. The maximum absolute atomic E-state index is 13.2. The van der Waals surface area contributed by atoms with Gasteiger partial charge >= 0.3 is 0 Å². The van der Waals surface area contributed by atoms with Crippen molar-refractivity contribution in [1.82, 2.24) is 9.88 Å². The van der Waals surface area contributed by atoms with Crippen molar-refractivity contribution in [2.45, 2.75) is 31.7 Å². The molecule has 0 bridgehead atoms. The minimum absolute atomic E-state index is 0.0506. The van der Waals surface area contributed by atoms with Gasteiger partial charge in [-0.05, 0) is 36.1 Å². The Morgan fingerprint density at radius 1 is 1.17 bits per heavy atom. The van der Waals surface area contributed by atoms with Crippen LogP contribution in [-0.2, 0) is 12.0 Å². The van der Waals surface area contributed by atoms with Crippen molar-refractivity contribution in [2.75, 3.05) is 6.54 Å². The van der Waals surface area contributed by atoms with Crippen LogP contribution in [0.2, 0.25) is 0 Å². The van der Waals surface area contributed by atoms with E-state index in [9.17, 15) is 4.79 Å². The molecular formula is C20H18N2O2. The fourth-order valence-electron chi connectivity index (χ4n) is 4.01. The molecule has 2 aromatic carbocycles. The monoisotopic (exact) mass is 318 g/mol. The quantitative estimate of drug-likeness (QED) is 0.685. The average molecular weight is 318 g/mol. The summed E-state index contributed by atoms with van der Waals surface area (Å²) in [5.74, 6) is 0.641. The number of carbonyl (C=O) groups is 1. The molecule has 3 aromatic rings. The standard InChI is InChI=1S/C20H18N2O2/c1-13-21-18-15(6-4-8-17(18)24-13)19(23)22-11-14-5-2-3-7-16(14)20(12-22)9-10-20/h2-8H,9-12H2,1H3. The lowest BCUT2D eigenvalue weighted by atomic mass is 9.86. The number of aromatic nitrogens is 1. The van der Waals surface area contributed by atoms with E-state index in [1.54, 1.807) is 0 Å². The van der Waals surface area contributed by atoms with Gasteiger partial charge in [-0.25, -0.2) is 4.98 Å². The molecule has 0 N–H and O–H groups in total. The molecule has 0 atom stereocenters. The van der Waals surface area contributed by atoms with Crippen molar-refractivity contribution in [3.8, 4) is 0 Å². The van der Waals surface area contributed by atoms with Crippen molar-refractivity contribution < 1.29 is 9.21 Å². The van der Waals surface area contributed by atoms with Gasteiger partial charge in [0.05, 0.1) is 5.56 Å². The second-order valence-electron chi connectivity index (χ2n) is 6.98. The van der Waals surface area contributed by atoms with Crippen LogP contribution in [-0.4, -0.2) is 22.3 Å². The fraction of sp³-hybridized carbons (Fsp3) is 0.300. The van der Waals surface area contributed by atoms with Gasteiger partial charge in [-0.15, -0.1) is 0 Å². The normalized spacial score (nSPS) is 18.0. The van der Waals surface area contributed by atoms with E-state index in [-0.39, 0.29) is 11.3 Å². The van der Waals surface area contributed by atoms with Crippen molar-refractivity contribution in [1.29, 1.82) is 0 Å². The Labute approximate surface area is 140 Å². The highest BCUT2D eigenvalue weighted by Gasteiger charge is 2.49. The van der Waals surface area contributed by atoms with E-state index in [1.165, 1.54) is 24.0 Å². The summed E-state index contributed by atoms with van der Waals surface area (Å²) in [6, 6.07) is 14.1. The molecule has 2 heterocycles. The number of aryl methyl sites for hydroxylation is 1. The highest BCUT2D eigenvalue weighted by molar-refractivity contribution is 6.04. The number of hydrogen-bond donors (Lipinski definition) is 0. The number of amides is 1. The first-order valence-electron chi connectivity index (χ1n) is 8.40. The van der Waals surface area contributed by atoms with E-state index in [0.717, 1.165) is 6.54 Å². The Hall–Kier alpha value is -2.62. The summed E-state index contributed by atoms with van der Waals surface area (Å²) in [6.45, 7) is 3.28. The number of hydrogen-bond acceptors (Lipinski definition) is 3. The number of para-hydroxylation sites is 1. The Morgan fingerprint density at radius 3 is 2.83 bits per heavy atom. The highest BCUT2D eigenvalue weighted by atomic mass is 16.3. The summed E-state index contributed by atoms with van der Waals surface area (Å²) in [5.41, 5.74) is 4.88. The molecule has 0 unspecified atom stereocenters. The van der Waals surface area contributed by atoms with Gasteiger partial charge in [0.15, 0.2) is 11.5 Å². The highest BCUT2D eigenvalue weighted by Crippen LogP contribution is 2.52. The van der Waals surface area contributed by atoms with Crippen molar-refractivity contribution in [2.24, 2.45) is 0 Å². The molecule has 2 aliphatic rings. The molecule has 5 rings (SSSR count).